The van der Waals surface area contributed by atoms with E-state index in [1.807, 2.05) is 0 Å². The van der Waals surface area contributed by atoms with Crippen LogP contribution in [0.15, 0.2) is 23.2 Å². The Hall–Kier alpha value is -0.940. The standard InChI is InChI=1S/C6H7NO3S/c1-10-6-3-2-5(4-7-6)11(8)9/h2-4H,1H3,(H,8,9). The van der Waals surface area contributed by atoms with Gasteiger partial charge in [-0.3, -0.25) is 0 Å². The van der Waals surface area contributed by atoms with Gasteiger partial charge in [0.1, 0.15) is 0 Å². The summed E-state index contributed by atoms with van der Waals surface area (Å²) in [6.07, 6.45) is 1.30. The number of hydrogen-bond donors (Lipinski definition) is 1. The SMILES string of the molecule is COc1ccc(S(=O)O)cn1. The molecule has 11 heavy (non-hydrogen) atoms. The van der Waals surface area contributed by atoms with Gasteiger partial charge in [-0.2, -0.15) is 0 Å². The number of pyridine rings is 1. The molecule has 0 aliphatic heterocycles. The highest BCUT2D eigenvalue weighted by Crippen LogP contribution is 2.08. The van der Waals surface area contributed by atoms with Crippen LogP contribution in [0.25, 0.3) is 0 Å². The van der Waals surface area contributed by atoms with Gasteiger partial charge in [0.2, 0.25) is 5.88 Å². The maximum Gasteiger partial charge on any atom is 0.212 e. The summed E-state index contributed by atoms with van der Waals surface area (Å²) < 4.78 is 23.8. The van der Waals surface area contributed by atoms with Crippen LogP contribution in [0.4, 0.5) is 0 Å². The smallest absolute Gasteiger partial charge is 0.212 e. The van der Waals surface area contributed by atoms with E-state index in [-0.39, 0.29) is 4.90 Å². The summed E-state index contributed by atoms with van der Waals surface area (Å²) >= 11 is -1.96. The molecule has 5 heteroatoms. The van der Waals surface area contributed by atoms with Crippen LogP contribution in [0.2, 0.25) is 0 Å². The number of methoxy groups -OCH3 is 1. The van der Waals surface area contributed by atoms with Gasteiger partial charge >= 0.3 is 0 Å². The molecule has 0 aliphatic rings. The largest absolute Gasteiger partial charge is 0.481 e. The second-order valence-corrected chi connectivity index (χ2v) is 2.76. The van der Waals surface area contributed by atoms with Crippen molar-refractivity contribution in [3.63, 3.8) is 0 Å². The van der Waals surface area contributed by atoms with Crippen molar-refractivity contribution < 1.29 is 13.5 Å². The van der Waals surface area contributed by atoms with Crippen molar-refractivity contribution >= 4 is 11.1 Å². The third-order valence-corrected chi connectivity index (χ3v) is 1.76. The Bertz CT molecular complexity index is 259. The Kier molecular flexibility index (Phi) is 2.56. The van der Waals surface area contributed by atoms with E-state index in [4.69, 9.17) is 9.29 Å². The zero-order valence-electron chi connectivity index (χ0n) is 5.85. The van der Waals surface area contributed by atoms with E-state index in [0.717, 1.165) is 0 Å². The van der Waals surface area contributed by atoms with Crippen molar-refractivity contribution in [1.29, 1.82) is 0 Å². The summed E-state index contributed by atoms with van der Waals surface area (Å²) in [7, 11) is 1.48. The fraction of sp³-hybridized carbons (Fsp3) is 0.167. The average Bonchev–Trinajstić information content (AvgIpc) is 2.05. The van der Waals surface area contributed by atoms with Gasteiger partial charge in [-0.1, -0.05) is 0 Å². The molecule has 1 unspecified atom stereocenters. The van der Waals surface area contributed by atoms with E-state index in [1.54, 1.807) is 0 Å². The van der Waals surface area contributed by atoms with E-state index < -0.39 is 11.1 Å². The van der Waals surface area contributed by atoms with Gasteiger partial charge in [0.15, 0.2) is 11.1 Å². The topological polar surface area (TPSA) is 59.4 Å². The minimum atomic E-state index is -1.96. The fourth-order valence-electron chi connectivity index (χ4n) is 0.591. The molecular weight excluding hydrogens is 166 g/mol. The van der Waals surface area contributed by atoms with Crippen molar-refractivity contribution in [2.45, 2.75) is 4.90 Å². The van der Waals surface area contributed by atoms with Crippen LogP contribution in [0.3, 0.4) is 0 Å². The Morgan fingerprint density at radius 1 is 1.64 bits per heavy atom. The predicted octanol–water partition coefficient (Wildman–Crippen LogP) is 0.671. The normalized spacial score (nSPS) is 12.5. The minimum Gasteiger partial charge on any atom is -0.481 e. The molecule has 0 amide bonds. The lowest BCUT2D eigenvalue weighted by atomic mass is 10.5. The molecule has 0 radical (unpaired) electrons. The van der Waals surface area contributed by atoms with Gasteiger partial charge in [-0.15, -0.1) is 0 Å². The van der Waals surface area contributed by atoms with Gasteiger partial charge in [0, 0.05) is 12.3 Å². The molecule has 0 spiro atoms. The van der Waals surface area contributed by atoms with Crippen molar-refractivity contribution in [1.82, 2.24) is 4.98 Å². The van der Waals surface area contributed by atoms with Gasteiger partial charge in [-0.25, -0.2) is 9.19 Å². The molecule has 60 valence electrons. The van der Waals surface area contributed by atoms with E-state index in [2.05, 4.69) is 4.98 Å². The monoisotopic (exact) mass is 173 g/mol. The third-order valence-electron chi connectivity index (χ3n) is 1.12. The number of rotatable bonds is 2. The Labute approximate surface area is 66.5 Å². The highest BCUT2D eigenvalue weighted by Gasteiger charge is 1.99. The summed E-state index contributed by atoms with van der Waals surface area (Å²) in [6.45, 7) is 0. The Morgan fingerprint density at radius 3 is 2.73 bits per heavy atom. The second kappa shape index (κ2) is 3.45. The van der Waals surface area contributed by atoms with Gasteiger partial charge in [-0.05, 0) is 6.07 Å². The zero-order chi connectivity index (χ0) is 8.27. The van der Waals surface area contributed by atoms with Crippen LogP contribution in [0.5, 0.6) is 5.88 Å². The minimum absolute atomic E-state index is 0.269. The van der Waals surface area contributed by atoms with Gasteiger partial charge in [0.05, 0.1) is 12.0 Å². The van der Waals surface area contributed by atoms with E-state index in [1.165, 1.54) is 25.4 Å². The summed E-state index contributed by atoms with van der Waals surface area (Å²) in [4.78, 5) is 4.01. The second-order valence-electron chi connectivity index (χ2n) is 1.79. The molecule has 1 heterocycles. The van der Waals surface area contributed by atoms with Crippen LogP contribution in [-0.2, 0) is 11.1 Å². The summed E-state index contributed by atoms with van der Waals surface area (Å²) in [6, 6.07) is 3.02. The lowest BCUT2D eigenvalue weighted by Crippen LogP contribution is -1.91. The van der Waals surface area contributed by atoms with E-state index >= 15 is 0 Å². The van der Waals surface area contributed by atoms with Crippen LogP contribution >= 0.6 is 0 Å². The molecule has 1 aromatic heterocycles. The molecular formula is C6H7NO3S. The first-order valence-electron chi connectivity index (χ1n) is 2.85. The summed E-state index contributed by atoms with van der Waals surface area (Å²) in [5, 5.41) is 0. The fourth-order valence-corrected chi connectivity index (χ4v) is 0.918. The molecule has 0 aliphatic carbocycles. The van der Waals surface area contributed by atoms with E-state index in [0.29, 0.717) is 5.88 Å². The van der Waals surface area contributed by atoms with Gasteiger partial charge < -0.3 is 9.29 Å². The molecule has 1 atom stereocenters. The quantitative estimate of drug-likeness (QED) is 0.668. The van der Waals surface area contributed by atoms with Crippen molar-refractivity contribution in [3.8, 4) is 5.88 Å². The molecule has 4 nitrogen and oxygen atoms in total. The molecule has 0 fully saturated rings. The molecule has 0 bridgehead atoms. The van der Waals surface area contributed by atoms with Gasteiger partial charge in [0.25, 0.3) is 0 Å². The van der Waals surface area contributed by atoms with Crippen LogP contribution in [-0.4, -0.2) is 20.9 Å². The first-order valence-corrected chi connectivity index (χ1v) is 3.95. The Balaban J connectivity index is 2.91. The maximum atomic E-state index is 10.4. The van der Waals surface area contributed by atoms with E-state index in [9.17, 15) is 4.21 Å². The first kappa shape index (κ1) is 8.16. The first-order chi connectivity index (χ1) is 5.24. The summed E-state index contributed by atoms with van der Waals surface area (Å²) in [5.74, 6) is 0.430. The van der Waals surface area contributed by atoms with Crippen molar-refractivity contribution in [3.05, 3.63) is 18.3 Å². The lowest BCUT2D eigenvalue weighted by molar-refractivity contribution is 0.397. The number of aromatic nitrogens is 1. The van der Waals surface area contributed by atoms with Crippen LogP contribution in [0.1, 0.15) is 0 Å². The molecule has 1 rings (SSSR count). The van der Waals surface area contributed by atoms with Crippen molar-refractivity contribution in [2.75, 3.05) is 7.11 Å². The highest BCUT2D eigenvalue weighted by molar-refractivity contribution is 7.79. The molecule has 0 saturated carbocycles. The number of hydrogen-bond acceptors (Lipinski definition) is 3. The zero-order valence-corrected chi connectivity index (χ0v) is 6.67. The number of ether oxygens (including phenoxy) is 1. The van der Waals surface area contributed by atoms with Crippen LogP contribution in [0, 0.1) is 0 Å². The molecule has 0 saturated heterocycles. The Morgan fingerprint density at radius 2 is 2.36 bits per heavy atom. The van der Waals surface area contributed by atoms with Crippen molar-refractivity contribution in [2.24, 2.45) is 0 Å². The molecule has 0 aromatic carbocycles. The average molecular weight is 173 g/mol. The summed E-state index contributed by atoms with van der Waals surface area (Å²) in [5.41, 5.74) is 0. The highest BCUT2D eigenvalue weighted by atomic mass is 32.2. The lowest BCUT2D eigenvalue weighted by Gasteiger charge is -1.97. The predicted molar refractivity (Wildman–Crippen MR) is 39.8 cm³/mol. The van der Waals surface area contributed by atoms with Crippen LogP contribution < -0.4 is 4.74 Å². The number of nitrogens with zero attached hydrogens (tertiary/aromatic N) is 1. The maximum absolute atomic E-state index is 10.4. The third kappa shape index (κ3) is 1.99. The molecule has 1 N–H and O–H groups in total. The molecule has 1 aromatic rings.